The lowest BCUT2D eigenvalue weighted by molar-refractivity contribution is -0.210. The van der Waals surface area contributed by atoms with Crippen molar-refractivity contribution in [3.8, 4) is 34.4 Å². The summed E-state index contributed by atoms with van der Waals surface area (Å²) in [6.07, 6.45) is 5.01. The number of benzene rings is 1. The molecule has 3 aromatic heterocycles. The molecule has 7 fully saturated rings. The van der Waals surface area contributed by atoms with Crippen LogP contribution in [0.15, 0.2) is 35.8 Å². The molecule has 416 valence electrons. The zero-order valence-electron chi connectivity index (χ0n) is 46.4. The Morgan fingerprint density at radius 1 is 0.987 bits per heavy atom. The third kappa shape index (κ3) is 11.4. The van der Waals surface area contributed by atoms with Crippen molar-refractivity contribution in [3.05, 3.63) is 57.7 Å². The highest BCUT2D eigenvalue weighted by Crippen LogP contribution is 2.47. The number of fused-ring (bicyclic) bond motifs is 4. The Hall–Kier alpha value is -4.36. The highest BCUT2D eigenvalue weighted by Gasteiger charge is 2.54. The number of nitrogens with one attached hydrogen (secondary N) is 2. The summed E-state index contributed by atoms with van der Waals surface area (Å²) in [5.41, 5.74) is 10.8. The molecule has 2 N–H and O–H groups in total. The second kappa shape index (κ2) is 23.4. The van der Waals surface area contributed by atoms with Crippen LogP contribution in [0.25, 0.3) is 33.4 Å². The minimum atomic E-state index is -0.918. The van der Waals surface area contributed by atoms with E-state index in [2.05, 4.69) is 108 Å². The molecule has 9 heterocycles. The van der Waals surface area contributed by atoms with Crippen LogP contribution in [0.3, 0.4) is 0 Å². The molecule has 8 bridgehead atoms. The number of nitrogens with zero attached hydrogens (tertiary/aromatic N) is 6. The largest absolute Gasteiger partial charge is 0.381 e. The Morgan fingerprint density at radius 3 is 2.43 bits per heavy atom. The third-order valence-corrected chi connectivity index (χ3v) is 18.7. The molecular weight excluding hydrogens is 997 g/mol. The molecule has 2 amide bonds. The van der Waals surface area contributed by atoms with Gasteiger partial charge in [0.1, 0.15) is 11.0 Å². The number of carbonyl (C=O) groups is 2. The number of hydrogen-bond donors (Lipinski definition) is 2. The SMILES string of the molecule is COC1OCC(C)(C)Cc2c(-c3cc(C#C[C@@H](C)N4CCOCC4)cnc3[C@H](C)OC)n(CCOC3CCOCC3)c3ccc(cc23)-c2csc(n2)[C@@H](N2CCOCC2)[C@H](NC(=O)C2[C@@H](C)[C@H]2C)C(=O)N2N[C@H]1C1CC2C1. The van der Waals surface area contributed by atoms with Crippen LogP contribution >= 0.6 is 11.3 Å². The van der Waals surface area contributed by atoms with E-state index in [0.717, 1.165) is 94.0 Å². The fraction of sp³-hybridized carbons (Fsp3) is 0.661. The highest BCUT2D eigenvalue weighted by atomic mass is 32.1. The van der Waals surface area contributed by atoms with Crippen molar-refractivity contribution in [1.29, 1.82) is 0 Å². The average Bonchev–Trinajstić information content (AvgIpc) is 3.68. The lowest BCUT2D eigenvalue weighted by Crippen LogP contribution is -2.73. The summed E-state index contributed by atoms with van der Waals surface area (Å²) in [5.74, 6) is 7.38. The molecule has 9 atom stereocenters. The summed E-state index contributed by atoms with van der Waals surface area (Å²) in [5, 5.41) is 9.14. The first-order chi connectivity index (χ1) is 37.3. The summed E-state index contributed by atoms with van der Waals surface area (Å²) < 4.78 is 45.8. The molecule has 8 aliphatic rings. The fourth-order valence-electron chi connectivity index (χ4n) is 12.8. The maximum atomic E-state index is 15.5. The second-order valence-corrected chi connectivity index (χ2v) is 24.3. The number of pyridine rings is 1. The molecule has 2 unspecified atom stereocenters. The van der Waals surface area contributed by atoms with Gasteiger partial charge in [-0.1, -0.05) is 45.6 Å². The van der Waals surface area contributed by atoms with Gasteiger partial charge >= 0.3 is 0 Å². The molecular formula is C59H80N8O9S. The maximum Gasteiger partial charge on any atom is 0.261 e. The molecule has 77 heavy (non-hydrogen) atoms. The molecule has 2 aliphatic carbocycles. The van der Waals surface area contributed by atoms with Gasteiger partial charge in [0.05, 0.1) is 87.1 Å². The Balaban J connectivity index is 1.08. The quantitative estimate of drug-likeness (QED) is 0.146. The number of rotatable bonds is 12. The topological polar surface area (TPSA) is 163 Å². The van der Waals surface area contributed by atoms with Crippen LogP contribution in [0, 0.1) is 40.9 Å². The number of carbonyl (C=O) groups excluding carboxylic acids is 2. The average molecular weight is 1080 g/mol. The van der Waals surface area contributed by atoms with E-state index in [9.17, 15) is 4.79 Å². The van der Waals surface area contributed by atoms with Crippen molar-refractivity contribution in [2.24, 2.45) is 29.1 Å². The summed E-state index contributed by atoms with van der Waals surface area (Å²) in [6.45, 7) is 21.1. The molecule has 18 heteroatoms. The van der Waals surface area contributed by atoms with Crippen molar-refractivity contribution >= 4 is 34.1 Å². The Bertz CT molecular complexity index is 2800. The van der Waals surface area contributed by atoms with Crippen LogP contribution in [0.1, 0.15) is 101 Å². The van der Waals surface area contributed by atoms with Gasteiger partial charge in [-0.2, -0.15) is 0 Å². The van der Waals surface area contributed by atoms with Crippen molar-refractivity contribution in [2.75, 3.05) is 93.3 Å². The molecule has 4 aromatic rings. The van der Waals surface area contributed by atoms with Crippen molar-refractivity contribution in [3.63, 3.8) is 0 Å². The molecule has 0 spiro atoms. The smallest absolute Gasteiger partial charge is 0.261 e. The van der Waals surface area contributed by atoms with Crippen LogP contribution in [0.2, 0.25) is 0 Å². The summed E-state index contributed by atoms with van der Waals surface area (Å²) >= 11 is 1.54. The van der Waals surface area contributed by atoms with E-state index in [1.54, 1.807) is 30.6 Å². The summed E-state index contributed by atoms with van der Waals surface area (Å²) in [4.78, 5) is 45.2. The van der Waals surface area contributed by atoms with Gasteiger partial charge in [-0.3, -0.25) is 29.4 Å². The highest BCUT2D eigenvalue weighted by molar-refractivity contribution is 7.10. The minimum Gasteiger partial charge on any atom is -0.381 e. The number of hydrazine groups is 1. The van der Waals surface area contributed by atoms with Crippen molar-refractivity contribution < 1.29 is 42.7 Å². The molecule has 0 radical (unpaired) electrons. The zero-order valence-corrected chi connectivity index (χ0v) is 47.2. The van der Waals surface area contributed by atoms with Crippen molar-refractivity contribution in [1.82, 2.24) is 40.1 Å². The fourth-order valence-corrected chi connectivity index (χ4v) is 13.8. The standard InChI is InChI=1S/C59H80N8O9S/c1-35(64-15-22-73-23-16-64)9-10-39-27-45(50(60-32-39)38(4)70-7)53-46-31-59(5,6)34-76-58(71-8)51-41-28-42(29-41)67(63-51)57(69)52(62-55(68)49-36(2)37(49)3)54(65-17-24-74-25-18-65)56-61-47(33-77-56)40-11-12-48(44(46)30-40)66(53)19-26-75-43-13-20-72-21-14-43/h11-12,27,30,32-33,35-38,41-43,49,51-52,54,58,63H,13-26,28-29,31,34H2,1-8H3,(H,62,68)/t35-,36-,37+,38+,41?,42?,49?,51+,52+,54+,58?/m1/s1. The number of ether oxygens (including phenoxy) is 7. The predicted molar refractivity (Wildman–Crippen MR) is 294 cm³/mol. The number of thiazole rings is 1. The van der Waals surface area contributed by atoms with Crippen LogP contribution < -0.4 is 10.7 Å². The van der Waals surface area contributed by atoms with Gasteiger partial charge in [-0.25, -0.2) is 10.4 Å². The normalized spacial score (nSPS) is 29.9. The van der Waals surface area contributed by atoms with E-state index in [4.69, 9.17) is 43.1 Å². The zero-order chi connectivity index (χ0) is 53.5. The number of hydrogen-bond acceptors (Lipinski definition) is 15. The van der Waals surface area contributed by atoms with Crippen LogP contribution in [-0.4, -0.2) is 171 Å². The van der Waals surface area contributed by atoms with E-state index in [0.29, 0.717) is 78.9 Å². The van der Waals surface area contributed by atoms with E-state index in [1.807, 2.05) is 6.20 Å². The van der Waals surface area contributed by atoms with Gasteiger partial charge in [0.2, 0.25) is 5.91 Å². The first kappa shape index (κ1) is 54.6. The Kier molecular flexibility index (Phi) is 16.6. The molecule has 17 nitrogen and oxygen atoms in total. The molecule has 5 saturated heterocycles. The van der Waals surface area contributed by atoms with Gasteiger partial charge in [0, 0.05) is 111 Å². The van der Waals surface area contributed by atoms with Gasteiger partial charge in [0.15, 0.2) is 6.29 Å². The summed E-state index contributed by atoms with van der Waals surface area (Å²) in [6, 6.07) is 7.15. The first-order valence-corrected chi connectivity index (χ1v) is 29.2. The Labute approximate surface area is 458 Å². The first-order valence-electron chi connectivity index (χ1n) is 28.3. The molecule has 6 aliphatic heterocycles. The van der Waals surface area contributed by atoms with E-state index < -0.39 is 23.8 Å². The van der Waals surface area contributed by atoms with E-state index in [1.165, 1.54) is 0 Å². The van der Waals surface area contributed by atoms with Crippen molar-refractivity contribution in [2.45, 2.75) is 129 Å². The predicted octanol–water partition coefficient (Wildman–Crippen LogP) is 6.63. The Morgan fingerprint density at radius 2 is 1.71 bits per heavy atom. The van der Waals surface area contributed by atoms with E-state index >= 15 is 4.79 Å². The van der Waals surface area contributed by atoms with Gasteiger partial charge in [0.25, 0.3) is 5.91 Å². The monoisotopic (exact) mass is 1080 g/mol. The van der Waals surface area contributed by atoms with Gasteiger partial charge < -0.3 is 43.0 Å². The third-order valence-electron chi connectivity index (χ3n) is 17.8. The molecule has 2 saturated carbocycles. The van der Waals surface area contributed by atoms with Gasteiger partial charge in [-0.05, 0) is 92.9 Å². The van der Waals surface area contributed by atoms with Crippen LogP contribution in [0.5, 0.6) is 0 Å². The van der Waals surface area contributed by atoms with Gasteiger partial charge in [-0.15, -0.1) is 11.3 Å². The number of aromatic nitrogens is 3. The number of morpholine rings is 2. The maximum absolute atomic E-state index is 15.5. The number of methoxy groups -OCH3 is 2. The molecule has 1 aromatic carbocycles. The van der Waals surface area contributed by atoms with Crippen LogP contribution in [-0.2, 0) is 55.7 Å². The lowest BCUT2D eigenvalue weighted by Gasteiger charge is -2.55. The second-order valence-electron chi connectivity index (χ2n) is 23.4. The summed E-state index contributed by atoms with van der Waals surface area (Å²) in [7, 11) is 3.43. The van der Waals surface area contributed by atoms with Crippen LogP contribution in [0.4, 0.5) is 0 Å². The lowest BCUT2D eigenvalue weighted by atomic mass is 9.72. The molecule has 12 rings (SSSR count). The number of amides is 2. The van der Waals surface area contributed by atoms with E-state index in [-0.39, 0.29) is 65.8 Å². The minimum absolute atomic E-state index is 0.0220.